The van der Waals surface area contributed by atoms with Crippen molar-refractivity contribution in [2.24, 2.45) is 0 Å². The molecule has 0 aliphatic rings. The topological polar surface area (TPSA) is 64.1 Å². The molecular weight excluding hydrogens is 254 g/mol. The van der Waals surface area contributed by atoms with Crippen LogP contribution in [0.3, 0.4) is 0 Å². The van der Waals surface area contributed by atoms with Crippen LogP contribution in [0.5, 0.6) is 0 Å². The summed E-state index contributed by atoms with van der Waals surface area (Å²) in [6, 6.07) is 1.64. The third-order valence-corrected chi connectivity index (χ3v) is 2.63. The minimum absolute atomic E-state index is 0.00665. The average molecular weight is 272 g/mol. The Labute approximate surface area is 112 Å². The Morgan fingerprint density at radius 2 is 2.28 bits per heavy atom. The number of hydrogen-bond acceptors (Lipinski definition) is 5. The fraction of sp³-hybridized carbons (Fsp3) is 0.583. The van der Waals surface area contributed by atoms with E-state index in [1.165, 1.54) is 7.11 Å². The Bertz CT molecular complexity index is 392. The lowest BCUT2D eigenvalue weighted by Gasteiger charge is -2.17. The van der Waals surface area contributed by atoms with Gasteiger partial charge >= 0.3 is 5.97 Å². The number of esters is 1. The van der Waals surface area contributed by atoms with E-state index >= 15 is 0 Å². The van der Waals surface area contributed by atoms with E-state index in [0.717, 1.165) is 12.8 Å². The molecule has 0 aliphatic heterocycles. The van der Waals surface area contributed by atoms with Crippen LogP contribution in [0.1, 0.15) is 32.0 Å². The zero-order valence-corrected chi connectivity index (χ0v) is 11.6. The Morgan fingerprint density at radius 3 is 2.83 bits per heavy atom. The SMILES string of the molecule is CCCC(CC(=O)OC)Nc1cc(Cl)nc(C)n1. The fourth-order valence-corrected chi connectivity index (χ4v) is 1.90. The maximum absolute atomic E-state index is 11.3. The number of nitrogens with zero attached hydrogens (tertiary/aromatic N) is 2. The number of nitrogens with one attached hydrogen (secondary N) is 1. The molecule has 1 unspecified atom stereocenters. The van der Waals surface area contributed by atoms with Gasteiger partial charge in [-0.15, -0.1) is 0 Å². The standard InChI is InChI=1S/C12H18ClN3O2/c1-4-5-9(6-12(17)18-3)16-11-7-10(13)14-8(2)15-11/h7,9H,4-6H2,1-3H3,(H,14,15,16). The molecule has 0 spiro atoms. The Kier molecular flexibility index (Phi) is 5.85. The van der Waals surface area contributed by atoms with Crippen LogP contribution in [0.2, 0.25) is 5.15 Å². The van der Waals surface area contributed by atoms with Crippen LogP contribution < -0.4 is 5.32 Å². The number of anilines is 1. The van der Waals surface area contributed by atoms with Gasteiger partial charge in [0.2, 0.25) is 0 Å². The van der Waals surface area contributed by atoms with Gasteiger partial charge in [0, 0.05) is 12.1 Å². The number of halogens is 1. The molecule has 1 aromatic rings. The van der Waals surface area contributed by atoms with Crippen molar-refractivity contribution in [3.63, 3.8) is 0 Å². The number of rotatable bonds is 6. The van der Waals surface area contributed by atoms with Crippen molar-refractivity contribution < 1.29 is 9.53 Å². The van der Waals surface area contributed by atoms with E-state index < -0.39 is 0 Å². The predicted molar refractivity (Wildman–Crippen MR) is 70.7 cm³/mol. The van der Waals surface area contributed by atoms with E-state index in [9.17, 15) is 4.79 Å². The van der Waals surface area contributed by atoms with Crippen LogP contribution >= 0.6 is 11.6 Å². The van der Waals surface area contributed by atoms with Gasteiger partial charge in [-0.2, -0.15) is 0 Å². The third-order valence-electron chi connectivity index (χ3n) is 2.44. The average Bonchev–Trinajstić information content (AvgIpc) is 2.27. The summed E-state index contributed by atoms with van der Waals surface area (Å²) in [4.78, 5) is 19.5. The monoisotopic (exact) mass is 271 g/mol. The first kappa shape index (κ1) is 14.7. The molecule has 1 rings (SSSR count). The molecule has 0 fully saturated rings. The number of methoxy groups -OCH3 is 1. The van der Waals surface area contributed by atoms with E-state index in [4.69, 9.17) is 11.6 Å². The number of carbonyl (C=O) groups is 1. The van der Waals surface area contributed by atoms with Gasteiger partial charge in [-0.05, 0) is 13.3 Å². The van der Waals surface area contributed by atoms with E-state index in [-0.39, 0.29) is 12.0 Å². The maximum Gasteiger partial charge on any atom is 0.307 e. The van der Waals surface area contributed by atoms with Gasteiger partial charge in [0.05, 0.1) is 13.5 Å². The quantitative estimate of drug-likeness (QED) is 0.636. The molecule has 18 heavy (non-hydrogen) atoms. The number of aromatic nitrogens is 2. The molecule has 100 valence electrons. The van der Waals surface area contributed by atoms with Crippen molar-refractivity contribution in [1.82, 2.24) is 9.97 Å². The summed E-state index contributed by atoms with van der Waals surface area (Å²) in [6.45, 7) is 3.83. The Morgan fingerprint density at radius 1 is 1.56 bits per heavy atom. The van der Waals surface area contributed by atoms with Gasteiger partial charge in [-0.1, -0.05) is 24.9 Å². The number of ether oxygens (including phenoxy) is 1. The Balaban J connectivity index is 2.72. The number of carbonyl (C=O) groups excluding carboxylic acids is 1. The van der Waals surface area contributed by atoms with Crippen molar-refractivity contribution in [1.29, 1.82) is 0 Å². The van der Waals surface area contributed by atoms with Crippen LogP contribution in [-0.2, 0) is 9.53 Å². The molecule has 5 nitrogen and oxygen atoms in total. The molecule has 0 saturated heterocycles. The van der Waals surface area contributed by atoms with Gasteiger partial charge < -0.3 is 10.1 Å². The highest BCUT2D eigenvalue weighted by atomic mass is 35.5. The highest BCUT2D eigenvalue weighted by molar-refractivity contribution is 6.29. The van der Waals surface area contributed by atoms with Gasteiger partial charge in [-0.25, -0.2) is 9.97 Å². The first-order chi connectivity index (χ1) is 8.55. The minimum Gasteiger partial charge on any atom is -0.469 e. The summed E-state index contributed by atoms with van der Waals surface area (Å²) in [5.74, 6) is 0.992. The lowest BCUT2D eigenvalue weighted by Crippen LogP contribution is -2.24. The van der Waals surface area contributed by atoms with Crippen molar-refractivity contribution in [3.8, 4) is 0 Å². The van der Waals surface area contributed by atoms with Crippen LogP contribution in [0, 0.1) is 6.92 Å². The summed E-state index contributed by atoms with van der Waals surface area (Å²) in [5.41, 5.74) is 0. The highest BCUT2D eigenvalue weighted by Gasteiger charge is 2.14. The van der Waals surface area contributed by atoms with Crippen LogP contribution in [-0.4, -0.2) is 29.1 Å². The normalized spacial score (nSPS) is 12.0. The van der Waals surface area contributed by atoms with Crippen LogP contribution in [0.15, 0.2) is 6.07 Å². The fourth-order valence-electron chi connectivity index (χ4n) is 1.67. The molecule has 1 atom stereocenters. The lowest BCUT2D eigenvalue weighted by molar-refractivity contribution is -0.140. The number of hydrogen-bond donors (Lipinski definition) is 1. The highest BCUT2D eigenvalue weighted by Crippen LogP contribution is 2.15. The number of aryl methyl sites for hydroxylation is 1. The molecule has 1 heterocycles. The van der Waals surface area contributed by atoms with Gasteiger partial charge in [-0.3, -0.25) is 4.79 Å². The zero-order valence-electron chi connectivity index (χ0n) is 10.9. The first-order valence-electron chi connectivity index (χ1n) is 5.89. The van der Waals surface area contributed by atoms with Crippen molar-refractivity contribution in [3.05, 3.63) is 17.0 Å². The molecule has 6 heteroatoms. The van der Waals surface area contributed by atoms with Crippen molar-refractivity contribution in [2.45, 2.75) is 39.2 Å². The van der Waals surface area contributed by atoms with Gasteiger partial charge in [0.25, 0.3) is 0 Å². The van der Waals surface area contributed by atoms with E-state index in [1.54, 1.807) is 13.0 Å². The largest absolute Gasteiger partial charge is 0.469 e. The van der Waals surface area contributed by atoms with Crippen LogP contribution in [0.25, 0.3) is 0 Å². The smallest absolute Gasteiger partial charge is 0.307 e. The van der Waals surface area contributed by atoms with Crippen molar-refractivity contribution >= 4 is 23.4 Å². The van der Waals surface area contributed by atoms with Crippen molar-refractivity contribution in [2.75, 3.05) is 12.4 Å². The second-order valence-electron chi connectivity index (χ2n) is 4.03. The molecule has 0 aliphatic carbocycles. The minimum atomic E-state index is -0.238. The molecule has 1 N–H and O–H groups in total. The van der Waals surface area contributed by atoms with E-state index in [0.29, 0.717) is 23.2 Å². The predicted octanol–water partition coefficient (Wildman–Crippen LogP) is 2.58. The molecule has 0 saturated carbocycles. The Hall–Kier alpha value is -1.36. The molecule has 0 aromatic carbocycles. The van der Waals surface area contributed by atoms with Gasteiger partial charge in [0.1, 0.15) is 16.8 Å². The summed E-state index contributed by atoms with van der Waals surface area (Å²) in [7, 11) is 1.39. The first-order valence-corrected chi connectivity index (χ1v) is 6.27. The summed E-state index contributed by atoms with van der Waals surface area (Å²) in [6.07, 6.45) is 2.13. The molecule has 0 radical (unpaired) electrons. The van der Waals surface area contributed by atoms with E-state index in [2.05, 4.69) is 26.9 Å². The zero-order chi connectivity index (χ0) is 13.5. The second kappa shape index (κ2) is 7.16. The van der Waals surface area contributed by atoms with Gasteiger partial charge in [0.15, 0.2) is 0 Å². The lowest BCUT2D eigenvalue weighted by atomic mass is 10.1. The second-order valence-corrected chi connectivity index (χ2v) is 4.42. The maximum atomic E-state index is 11.3. The molecule has 0 bridgehead atoms. The summed E-state index contributed by atoms with van der Waals surface area (Å²) < 4.78 is 4.67. The van der Waals surface area contributed by atoms with E-state index in [1.807, 2.05) is 0 Å². The molecular formula is C12H18ClN3O2. The molecule has 0 amide bonds. The molecule has 1 aromatic heterocycles. The van der Waals surface area contributed by atoms with Crippen LogP contribution in [0.4, 0.5) is 5.82 Å². The third kappa shape index (κ3) is 4.87. The summed E-state index contributed by atoms with van der Waals surface area (Å²) >= 11 is 5.86. The summed E-state index contributed by atoms with van der Waals surface area (Å²) in [5, 5.41) is 3.58.